The first-order valence-corrected chi connectivity index (χ1v) is 11.3. The molecule has 1 amide bonds. The Hall–Kier alpha value is -1.36. The van der Waals surface area contributed by atoms with Gasteiger partial charge in [0, 0.05) is 5.02 Å². The number of sulfonamides is 1. The fourth-order valence-electron chi connectivity index (χ4n) is 2.15. The number of benzene rings is 1. The van der Waals surface area contributed by atoms with Crippen molar-refractivity contribution in [3.05, 3.63) is 28.8 Å². The lowest BCUT2D eigenvalue weighted by molar-refractivity contribution is -0.116. The summed E-state index contributed by atoms with van der Waals surface area (Å²) in [5.41, 5.74) is 1.05. The number of anilines is 2. The van der Waals surface area contributed by atoms with Crippen molar-refractivity contribution < 1.29 is 13.2 Å². The van der Waals surface area contributed by atoms with E-state index in [1.165, 1.54) is 36.1 Å². The second-order valence-electron chi connectivity index (χ2n) is 5.23. The van der Waals surface area contributed by atoms with Gasteiger partial charge >= 0.3 is 0 Å². The quantitative estimate of drug-likeness (QED) is 0.570. The normalized spacial score (nSPS) is 12.7. The number of aromatic nitrogens is 2. The van der Waals surface area contributed by atoms with Gasteiger partial charge in [-0.1, -0.05) is 40.8 Å². The van der Waals surface area contributed by atoms with E-state index in [0.29, 0.717) is 25.7 Å². The van der Waals surface area contributed by atoms with Crippen molar-refractivity contribution in [2.75, 3.05) is 22.1 Å². The van der Waals surface area contributed by atoms with E-state index in [-0.39, 0.29) is 0 Å². The van der Waals surface area contributed by atoms with E-state index in [2.05, 4.69) is 15.5 Å². The van der Waals surface area contributed by atoms with Crippen LogP contribution in [-0.2, 0) is 14.8 Å². The molecule has 1 atom stereocenters. The van der Waals surface area contributed by atoms with Crippen molar-refractivity contribution in [2.24, 2.45) is 0 Å². The molecular weight excluding hydrogens is 404 g/mol. The molecule has 136 valence electrons. The van der Waals surface area contributed by atoms with Gasteiger partial charge in [0.05, 0.1) is 11.9 Å². The SMILES string of the molecule is CSc1nnc(NC(=O)[C@@H](C)N(c2cc(Cl)ccc2C)S(C)(=O)=O)s1. The minimum Gasteiger partial charge on any atom is -0.299 e. The van der Waals surface area contributed by atoms with Gasteiger partial charge in [-0.2, -0.15) is 0 Å². The molecule has 0 aliphatic heterocycles. The van der Waals surface area contributed by atoms with Crippen molar-refractivity contribution in [2.45, 2.75) is 24.2 Å². The lowest BCUT2D eigenvalue weighted by Gasteiger charge is -2.29. The summed E-state index contributed by atoms with van der Waals surface area (Å²) in [5.74, 6) is -0.506. The molecule has 1 aromatic heterocycles. The second-order valence-corrected chi connectivity index (χ2v) is 9.56. The Labute approximate surface area is 159 Å². The first-order chi connectivity index (χ1) is 11.6. The molecule has 0 fully saturated rings. The lowest BCUT2D eigenvalue weighted by Crippen LogP contribution is -2.45. The summed E-state index contributed by atoms with van der Waals surface area (Å²) in [7, 11) is -3.72. The average Bonchev–Trinajstić information content (AvgIpc) is 2.97. The molecule has 2 rings (SSSR count). The highest BCUT2D eigenvalue weighted by Crippen LogP contribution is 2.29. The van der Waals surface area contributed by atoms with E-state index in [0.717, 1.165) is 10.6 Å². The highest BCUT2D eigenvalue weighted by Gasteiger charge is 2.30. The number of amides is 1. The summed E-state index contributed by atoms with van der Waals surface area (Å²) in [6, 6.07) is 3.90. The maximum absolute atomic E-state index is 12.5. The van der Waals surface area contributed by atoms with Gasteiger partial charge in [-0.05, 0) is 37.8 Å². The molecule has 0 bridgehead atoms. The average molecular weight is 421 g/mol. The topological polar surface area (TPSA) is 92.3 Å². The van der Waals surface area contributed by atoms with Crippen LogP contribution >= 0.6 is 34.7 Å². The van der Waals surface area contributed by atoms with Crippen LogP contribution in [0, 0.1) is 6.92 Å². The lowest BCUT2D eigenvalue weighted by atomic mass is 10.2. The van der Waals surface area contributed by atoms with Crippen LogP contribution in [0.1, 0.15) is 12.5 Å². The molecule has 25 heavy (non-hydrogen) atoms. The number of carbonyl (C=O) groups is 1. The fraction of sp³-hybridized carbons (Fsp3) is 0.357. The largest absolute Gasteiger partial charge is 0.299 e. The van der Waals surface area contributed by atoms with Crippen LogP contribution < -0.4 is 9.62 Å². The number of hydrogen-bond acceptors (Lipinski definition) is 7. The third kappa shape index (κ3) is 4.84. The van der Waals surface area contributed by atoms with Crippen molar-refractivity contribution >= 4 is 61.4 Å². The van der Waals surface area contributed by atoms with Gasteiger partial charge in [-0.15, -0.1) is 10.2 Å². The van der Waals surface area contributed by atoms with Crippen molar-refractivity contribution in [1.29, 1.82) is 0 Å². The van der Waals surface area contributed by atoms with Crippen LogP contribution in [0.4, 0.5) is 10.8 Å². The monoisotopic (exact) mass is 420 g/mol. The van der Waals surface area contributed by atoms with Gasteiger partial charge in [0.1, 0.15) is 6.04 Å². The standard InChI is InChI=1S/C14H17ClN4O3S3/c1-8-5-6-10(15)7-11(8)19(25(4,21)22)9(2)12(20)16-13-17-18-14(23-3)24-13/h5-7,9H,1-4H3,(H,16,17,20)/t9-/m1/s1. The zero-order valence-electron chi connectivity index (χ0n) is 14.0. The van der Waals surface area contributed by atoms with Crippen molar-refractivity contribution in [3.8, 4) is 0 Å². The van der Waals surface area contributed by atoms with Crippen LogP contribution in [0.3, 0.4) is 0 Å². The molecular formula is C14H17ClN4O3S3. The third-order valence-electron chi connectivity index (χ3n) is 3.31. The van der Waals surface area contributed by atoms with Crippen LogP contribution in [0.25, 0.3) is 0 Å². The Morgan fingerprint density at radius 1 is 1.40 bits per heavy atom. The molecule has 7 nitrogen and oxygen atoms in total. The molecule has 0 unspecified atom stereocenters. The summed E-state index contributed by atoms with van der Waals surface area (Å²) < 4.78 is 26.4. The molecule has 0 saturated heterocycles. The molecule has 0 spiro atoms. The van der Waals surface area contributed by atoms with E-state index in [1.807, 2.05) is 6.26 Å². The predicted molar refractivity (Wildman–Crippen MR) is 103 cm³/mol. The molecule has 2 aromatic rings. The summed E-state index contributed by atoms with van der Waals surface area (Å²) in [6.07, 6.45) is 2.90. The highest BCUT2D eigenvalue weighted by atomic mass is 35.5. The Kier molecular flexibility index (Phi) is 6.30. The summed E-state index contributed by atoms with van der Waals surface area (Å²) in [6.45, 7) is 3.26. The number of thioether (sulfide) groups is 1. The molecule has 0 saturated carbocycles. The zero-order valence-corrected chi connectivity index (χ0v) is 17.2. The molecule has 1 N–H and O–H groups in total. The zero-order chi connectivity index (χ0) is 18.8. The Bertz CT molecular complexity index is 885. The van der Waals surface area contributed by atoms with Gasteiger partial charge in [-0.25, -0.2) is 8.42 Å². The maximum atomic E-state index is 12.5. The number of aryl methyl sites for hydroxylation is 1. The van der Waals surface area contributed by atoms with E-state index in [4.69, 9.17) is 11.6 Å². The third-order valence-corrected chi connectivity index (χ3v) is 6.59. The molecule has 0 radical (unpaired) electrons. The van der Waals surface area contributed by atoms with Gasteiger partial charge in [0.2, 0.25) is 21.1 Å². The molecule has 0 aliphatic rings. The van der Waals surface area contributed by atoms with Crippen molar-refractivity contribution in [1.82, 2.24) is 10.2 Å². The van der Waals surface area contributed by atoms with Crippen LogP contribution in [-0.4, -0.2) is 43.1 Å². The van der Waals surface area contributed by atoms with E-state index in [9.17, 15) is 13.2 Å². The van der Waals surface area contributed by atoms with Crippen molar-refractivity contribution in [3.63, 3.8) is 0 Å². The Morgan fingerprint density at radius 2 is 2.08 bits per heavy atom. The molecule has 0 aliphatic carbocycles. The predicted octanol–water partition coefficient (Wildman–Crippen LogP) is 3.02. The molecule has 1 aromatic carbocycles. The van der Waals surface area contributed by atoms with Gasteiger partial charge < -0.3 is 0 Å². The highest BCUT2D eigenvalue weighted by molar-refractivity contribution is 8.00. The minimum atomic E-state index is -3.72. The van der Waals surface area contributed by atoms with E-state index >= 15 is 0 Å². The number of nitrogens with zero attached hydrogens (tertiary/aromatic N) is 3. The number of hydrogen-bond donors (Lipinski definition) is 1. The van der Waals surface area contributed by atoms with Gasteiger partial charge in [0.15, 0.2) is 4.34 Å². The van der Waals surface area contributed by atoms with Gasteiger partial charge in [0.25, 0.3) is 0 Å². The summed E-state index contributed by atoms with van der Waals surface area (Å²) in [4.78, 5) is 12.5. The Balaban J connectivity index is 2.34. The Morgan fingerprint density at radius 3 is 2.64 bits per heavy atom. The number of rotatable bonds is 6. The van der Waals surface area contributed by atoms with Crippen LogP contribution in [0.15, 0.2) is 22.5 Å². The first kappa shape index (κ1) is 20.0. The van der Waals surface area contributed by atoms with Crippen LogP contribution in [0.2, 0.25) is 5.02 Å². The number of nitrogens with one attached hydrogen (secondary N) is 1. The summed E-state index contributed by atoms with van der Waals surface area (Å²) in [5, 5.41) is 11.1. The molecule has 1 heterocycles. The smallest absolute Gasteiger partial charge is 0.249 e. The minimum absolute atomic E-state index is 0.317. The summed E-state index contributed by atoms with van der Waals surface area (Å²) >= 11 is 8.63. The maximum Gasteiger partial charge on any atom is 0.249 e. The van der Waals surface area contributed by atoms with Gasteiger partial charge in [-0.3, -0.25) is 14.4 Å². The van der Waals surface area contributed by atoms with E-state index < -0.39 is 22.0 Å². The number of halogens is 1. The number of carbonyl (C=O) groups excluding carboxylic acids is 1. The first-order valence-electron chi connectivity index (χ1n) is 7.07. The molecule has 11 heteroatoms. The van der Waals surface area contributed by atoms with E-state index in [1.54, 1.807) is 19.1 Å². The van der Waals surface area contributed by atoms with Crippen LogP contribution in [0.5, 0.6) is 0 Å². The fourth-order valence-corrected chi connectivity index (χ4v) is 4.72. The second kappa shape index (κ2) is 7.90.